The van der Waals surface area contributed by atoms with Gasteiger partial charge < -0.3 is 4.42 Å². The van der Waals surface area contributed by atoms with Gasteiger partial charge in [-0.15, -0.1) is 10.2 Å². The predicted octanol–water partition coefficient (Wildman–Crippen LogP) is 3.28. The molecule has 0 unspecified atom stereocenters. The quantitative estimate of drug-likeness (QED) is 0.843. The number of nitrogens with zero attached hydrogens (tertiary/aromatic N) is 3. The van der Waals surface area contributed by atoms with Gasteiger partial charge in [-0.25, -0.2) is 0 Å². The van der Waals surface area contributed by atoms with Crippen LogP contribution in [0.3, 0.4) is 0 Å². The second kappa shape index (κ2) is 4.58. The maximum atomic E-state index is 8.61. The van der Waals surface area contributed by atoms with Crippen LogP contribution in [0.15, 0.2) is 4.42 Å². The van der Waals surface area contributed by atoms with Gasteiger partial charge in [0.05, 0.1) is 6.07 Å². The lowest BCUT2D eigenvalue weighted by atomic mass is 9.49. The van der Waals surface area contributed by atoms with Crippen molar-refractivity contribution in [3.63, 3.8) is 0 Å². The predicted molar refractivity (Wildman–Crippen MR) is 72.5 cm³/mol. The average molecular weight is 271 g/mol. The Hall–Kier alpha value is -1.37. The van der Waals surface area contributed by atoms with Gasteiger partial charge in [-0.05, 0) is 61.7 Å². The molecule has 1 aromatic heterocycles. The van der Waals surface area contributed by atoms with Crippen LogP contribution in [0.25, 0.3) is 0 Å². The van der Waals surface area contributed by atoms with E-state index in [1.54, 1.807) is 0 Å². The number of aryl methyl sites for hydroxylation is 1. The molecule has 0 amide bonds. The standard InChI is InChI=1S/C16H21N3O/c17-3-1-2-14-18-19-15(20-14)10-16-7-11-4-12(8-16)6-13(5-11)9-16/h11-13H,1-2,4-10H2. The molecule has 4 fully saturated rings. The van der Waals surface area contributed by atoms with Gasteiger partial charge in [0.15, 0.2) is 0 Å². The minimum atomic E-state index is 0.452. The van der Waals surface area contributed by atoms with Crippen molar-refractivity contribution in [2.24, 2.45) is 23.2 Å². The van der Waals surface area contributed by atoms with Gasteiger partial charge in [0.25, 0.3) is 0 Å². The summed E-state index contributed by atoms with van der Waals surface area (Å²) >= 11 is 0. The molecule has 4 aliphatic rings. The van der Waals surface area contributed by atoms with Crippen LogP contribution >= 0.6 is 0 Å². The Morgan fingerprint density at radius 2 is 1.65 bits per heavy atom. The molecule has 0 radical (unpaired) electrons. The minimum absolute atomic E-state index is 0.452. The van der Waals surface area contributed by atoms with Crippen molar-refractivity contribution in [3.8, 4) is 6.07 Å². The lowest BCUT2D eigenvalue weighted by Crippen LogP contribution is -2.47. The molecule has 0 saturated heterocycles. The van der Waals surface area contributed by atoms with E-state index in [-0.39, 0.29) is 0 Å². The number of hydrogen-bond acceptors (Lipinski definition) is 4. The molecule has 20 heavy (non-hydrogen) atoms. The van der Waals surface area contributed by atoms with Crippen molar-refractivity contribution in [2.45, 2.75) is 57.8 Å². The molecule has 4 saturated carbocycles. The van der Waals surface area contributed by atoms with Crippen molar-refractivity contribution in [3.05, 3.63) is 11.8 Å². The topological polar surface area (TPSA) is 62.7 Å². The van der Waals surface area contributed by atoms with E-state index >= 15 is 0 Å². The van der Waals surface area contributed by atoms with E-state index in [9.17, 15) is 0 Å². The van der Waals surface area contributed by atoms with Gasteiger partial charge in [0.2, 0.25) is 11.8 Å². The summed E-state index contributed by atoms with van der Waals surface area (Å²) in [5, 5.41) is 16.9. The molecule has 0 aromatic carbocycles. The average Bonchev–Trinajstić information content (AvgIpc) is 2.81. The number of hydrogen-bond donors (Lipinski definition) is 0. The van der Waals surface area contributed by atoms with Crippen LogP contribution in [0, 0.1) is 34.5 Å². The van der Waals surface area contributed by atoms with Gasteiger partial charge in [-0.1, -0.05) is 0 Å². The zero-order valence-corrected chi connectivity index (χ0v) is 11.8. The molecule has 0 N–H and O–H groups in total. The van der Waals surface area contributed by atoms with Gasteiger partial charge in [-0.2, -0.15) is 5.26 Å². The molecule has 0 aliphatic heterocycles. The Balaban J connectivity index is 1.48. The van der Waals surface area contributed by atoms with E-state index in [4.69, 9.17) is 9.68 Å². The van der Waals surface area contributed by atoms with Crippen LogP contribution < -0.4 is 0 Å². The van der Waals surface area contributed by atoms with E-state index in [0.717, 1.165) is 30.1 Å². The fourth-order valence-corrected chi connectivity index (χ4v) is 5.45. The molecule has 4 heteroatoms. The largest absolute Gasteiger partial charge is 0.425 e. The van der Waals surface area contributed by atoms with Gasteiger partial charge >= 0.3 is 0 Å². The molecule has 1 heterocycles. The molecular formula is C16H21N3O. The third-order valence-electron chi connectivity index (χ3n) is 5.65. The zero-order valence-electron chi connectivity index (χ0n) is 11.8. The molecule has 5 rings (SSSR count). The fourth-order valence-electron chi connectivity index (χ4n) is 5.45. The second-order valence-corrected chi connectivity index (χ2v) is 7.34. The number of aromatic nitrogens is 2. The zero-order chi connectivity index (χ0) is 13.6. The first-order chi connectivity index (χ1) is 9.75. The van der Waals surface area contributed by atoms with Crippen LogP contribution in [0.5, 0.6) is 0 Å². The van der Waals surface area contributed by atoms with Crippen molar-refractivity contribution in [2.75, 3.05) is 0 Å². The van der Waals surface area contributed by atoms with E-state index in [2.05, 4.69) is 16.3 Å². The highest BCUT2D eigenvalue weighted by molar-refractivity contribution is 5.04. The van der Waals surface area contributed by atoms with Gasteiger partial charge in [-0.3, -0.25) is 0 Å². The molecule has 4 aliphatic carbocycles. The van der Waals surface area contributed by atoms with Crippen LogP contribution in [-0.4, -0.2) is 10.2 Å². The summed E-state index contributed by atoms with van der Waals surface area (Å²) in [4.78, 5) is 0. The summed E-state index contributed by atoms with van der Waals surface area (Å²) in [6.45, 7) is 0. The Kier molecular flexibility index (Phi) is 2.83. The summed E-state index contributed by atoms with van der Waals surface area (Å²) in [6, 6.07) is 2.12. The first kappa shape index (κ1) is 12.4. The minimum Gasteiger partial charge on any atom is -0.425 e. The van der Waals surface area contributed by atoms with Crippen molar-refractivity contribution < 1.29 is 4.42 Å². The lowest BCUT2D eigenvalue weighted by Gasteiger charge is -2.56. The van der Waals surface area contributed by atoms with E-state index in [0.29, 0.717) is 24.1 Å². The van der Waals surface area contributed by atoms with Crippen LogP contribution in [0.4, 0.5) is 0 Å². The maximum Gasteiger partial charge on any atom is 0.217 e. The lowest BCUT2D eigenvalue weighted by molar-refractivity contribution is -0.0551. The van der Waals surface area contributed by atoms with Gasteiger partial charge in [0, 0.05) is 19.3 Å². The van der Waals surface area contributed by atoms with E-state index in [1.807, 2.05) is 0 Å². The first-order valence-electron chi connectivity index (χ1n) is 7.93. The second-order valence-electron chi connectivity index (χ2n) is 7.34. The summed E-state index contributed by atoms with van der Waals surface area (Å²) in [5.41, 5.74) is 0.452. The highest BCUT2D eigenvalue weighted by Gasteiger charge is 2.51. The summed E-state index contributed by atoms with van der Waals surface area (Å²) in [6.07, 6.45) is 10.5. The highest BCUT2D eigenvalue weighted by Crippen LogP contribution is 2.60. The maximum absolute atomic E-state index is 8.61. The number of rotatable bonds is 4. The smallest absolute Gasteiger partial charge is 0.217 e. The highest BCUT2D eigenvalue weighted by atomic mass is 16.4. The van der Waals surface area contributed by atoms with E-state index in [1.165, 1.54) is 38.5 Å². The normalized spacial score (nSPS) is 38.0. The Morgan fingerprint density at radius 1 is 1.05 bits per heavy atom. The van der Waals surface area contributed by atoms with Crippen LogP contribution in [-0.2, 0) is 12.8 Å². The summed E-state index contributed by atoms with van der Waals surface area (Å²) < 4.78 is 5.75. The molecule has 0 spiro atoms. The molecular weight excluding hydrogens is 250 g/mol. The molecule has 1 aromatic rings. The summed E-state index contributed by atoms with van der Waals surface area (Å²) in [7, 11) is 0. The van der Waals surface area contributed by atoms with Crippen molar-refractivity contribution in [1.82, 2.24) is 10.2 Å². The van der Waals surface area contributed by atoms with Crippen molar-refractivity contribution in [1.29, 1.82) is 5.26 Å². The van der Waals surface area contributed by atoms with Crippen LogP contribution in [0.2, 0.25) is 0 Å². The number of nitriles is 1. The molecule has 4 nitrogen and oxygen atoms in total. The Bertz CT molecular complexity index is 507. The fraction of sp³-hybridized carbons (Fsp3) is 0.812. The molecule has 106 valence electrons. The Morgan fingerprint density at radius 3 is 2.25 bits per heavy atom. The van der Waals surface area contributed by atoms with Crippen LogP contribution in [0.1, 0.15) is 56.7 Å². The third-order valence-corrected chi connectivity index (χ3v) is 5.65. The van der Waals surface area contributed by atoms with E-state index < -0.39 is 0 Å². The first-order valence-corrected chi connectivity index (χ1v) is 7.93. The molecule has 4 bridgehead atoms. The third kappa shape index (κ3) is 2.13. The van der Waals surface area contributed by atoms with Crippen molar-refractivity contribution >= 4 is 0 Å². The Labute approximate surface area is 119 Å². The summed E-state index contributed by atoms with van der Waals surface area (Å²) in [5.74, 6) is 4.32. The molecule has 0 atom stereocenters. The SMILES string of the molecule is N#CCCc1nnc(CC23CC4CC(CC(C4)C2)C3)o1. The van der Waals surface area contributed by atoms with Gasteiger partial charge in [0.1, 0.15) is 0 Å². The monoisotopic (exact) mass is 271 g/mol.